The van der Waals surface area contributed by atoms with E-state index in [4.69, 9.17) is 4.74 Å². The summed E-state index contributed by atoms with van der Waals surface area (Å²) in [6.45, 7) is 14.5. The minimum absolute atomic E-state index is 0.382. The Morgan fingerprint density at radius 3 is 2.65 bits per heavy atom. The van der Waals surface area contributed by atoms with Crippen LogP contribution in [0.3, 0.4) is 0 Å². The second-order valence-electron chi connectivity index (χ2n) is 6.63. The summed E-state index contributed by atoms with van der Waals surface area (Å²) in [5.41, 5.74) is 0.588. The Morgan fingerprint density at radius 1 is 1.35 bits per heavy atom. The molecule has 3 heteroatoms. The van der Waals surface area contributed by atoms with Gasteiger partial charge in [0.15, 0.2) is 0 Å². The first-order valence-corrected chi connectivity index (χ1v) is 7.05. The average Bonchev–Trinajstić information content (AvgIpc) is 2.87. The first-order chi connectivity index (χ1) is 7.99. The Balaban J connectivity index is 1.62. The molecule has 1 saturated carbocycles. The summed E-state index contributed by atoms with van der Waals surface area (Å²) < 4.78 is 5.81. The largest absolute Gasteiger partial charge is 0.374 e. The lowest BCUT2D eigenvalue weighted by molar-refractivity contribution is -0.0372. The maximum Gasteiger partial charge on any atom is 0.0826 e. The molecular formula is C14H28N2O. The van der Waals surface area contributed by atoms with Crippen molar-refractivity contribution in [2.45, 2.75) is 46.3 Å². The molecule has 100 valence electrons. The highest BCUT2D eigenvalue weighted by molar-refractivity contribution is 4.96. The van der Waals surface area contributed by atoms with Crippen molar-refractivity contribution in [2.24, 2.45) is 11.3 Å². The van der Waals surface area contributed by atoms with Crippen LogP contribution in [-0.4, -0.2) is 49.8 Å². The molecule has 1 heterocycles. The first kappa shape index (κ1) is 13.3. The number of nitrogens with zero attached hydrogens (tertiary/aromatic N) is 1. The van der Waals surface area contributed by atoms with Gasteiger partial charge in [-0.2, -0.15) is 0 Å². The highest BCUT2D eigenvalue weighted by atomic mass is 16.5. The van der Waals surface area contributed by atoms with E-state index in [1.54, 1.807) is 0 Å². The molecule has 2 aliphatic rings. The van der Waals surface area contributed by atoms with Crippen LogP contribution in [-0.2, 0) is 4.74 Å². The van der Waals surface area contributed by atoms with Crippen LogP contribution in [0.15, 0.2) is 0 Å². The standard InChI is InChI=1S/C14H28N2O/c1-11(2)16-5-6-17-13(10-16)9-15-8-12-7-14(12,3)4/h11-13,15H,5-10H2,1-4H3. The molecule has 0 spiro atoms. The van der Waals surface area contributed by atoms with Crippen LogP contribution in [0.1, 0.15) is 34.1 Å². The van der Waals surface area contributed by atoms with E-state index in [2.05, 4.69) is 37.9 Å². The number of hydrogen-bond donors (Lipinski definition) is 1. The molecular weight excluding hydrogens is 212 g/mol. The fourth-order valence-electron chi connectivity index (χ4n) is 2.68. The minimum atomic E-state index is 0.382. The van der Waals surface area contributed by atoms with E-state index < -0.39 is 0 Å². The topological polar surface area (TPSA) is 24.5 Å². The minimum Gasteiger partial charge on any atom is -0.374 e. The van der Waals surface area contributed by atoms with Crippen LogP contribution in [0.4, 0.5) is 0 Å². The van der Waals surface area contributed by atoms with E-state index in [9.17, 15) is 0 Å². The molecule has 0 aromatic heterocycles. The van der Waals surface area contributed by atoms with Gasteiger partial charge in [-0.1, -0.05) is 13.8 Å². The van der Waals surface area contributed by atoms with Gasteiger partial charge in [0.25, 0.3) is 0 Å². The summed E-state index contributed by atoms with van der Waals surface area (Å²) in [7, 11) is 0. The van der Waals surface area contributed by atoms with E-state index in [1.165, 1.54) is 6.42 Å². The zero-order chi connectivity index (χ0) is 12.5. The molecule has 0 bridgehead atoms. The zero-order valence-corrected chi connectivity index (χ0v) is 11.8. The average molecular weight is 240 g/mol. The van der Waals surface area contributed by atoms with Crippen LogP contribution in [0, 0.1) is 11.3 Å². The van der Waals surface area contributed by atoms with E-state index in [0.717, 1.165) is 38.7 Å². The molecule has 0 radical (unpaired) electrons. The van der Waals surface area contributed by atoms with Crippen molar-refractivity contribution < 1.29 is 4.74 Å². The molecule has 1 aliphatic heterocycles. The Labute approximate surface area is 106 Å². The van der Waals surface area contributed by atoms with Crippen molar-refractivity contribution in [3.8, 4) is 0 Å². The van der Waals surface area contributed by atoms with E-state index in [-0.39, 0.29) is 0 Å². The molecule has 1 saturated heterocycles. The van der Waals surface area contributed by atoms with Gasteiger partial charge in [0.1, 0.15) is 0 Å². The number of nitrogens with one attached hydrogen (secondary N) is 1. The summed E-state index contributed by atoms with van der Waals surface area (Å²) in [5.74, 6) is 0.882. The summed E-state index contributed by atoms with van der Waals surface area (Å²) >= 11 is 0. The first-order valence-electron chi connectivity index (χ1n) is 7.05. The van der Waals surface area contributed by atoms with Gasteiger partial charge in [0, 0.05) is 25.7 Å². The number of morpholine rings is 1. The van der Waals surface area contributed by atoms with Crippen molar-refractivity contribution in [1.29, 1.82) is 0 Å². The molecule has 3 nitrogen and oxygen atoms in total. The number of ether oxygens (including phenoxy) is 1. The van der Waals surface area contributed by atoms with Crippen molar-refractivity contribution in [1.82, 2.24) is 10.2 Å². The maximum atomic E-state index is 5.81. The summed E-state index contributed by atoms with van der Waals surface area (Å²) in [5, 5.41) is 3.58. The van der Waals surface area contributed by atoms with Gasteiger partial charge in [-0.05, 0) is 38.1 Å². The molecule has 17 heavy (non-hydrogen) atoms. The van der Waals surface area contributed by atoms with Gasteiger partial charge in [0.2, 0.25) is 0 Å². The van der Waals surface area contributed by atoms with Crippen molar-refractivity contribution in [2.75, 3.05) is 32.8 Å². The van der Waals surface area contributed by atoms with E-state index in [1.807, 2.05) is 0 Å². The Hall–Kier alpha value is -0.120. The molecule has 2 unspecified atom stereocenters. The lowest BCUT2D eigenvalue weighted by atomic mass is 10.1. The predicted octanol–water partition coefficient (Wildman–Crippen LogP) is 1.73. The van der Waals surface area contributed by atoms with Crippen LogP contribution in [0.2, 0.25) is 0 Å². The fourth-order valence-corrected chi connectivity index (χ4v) is 2.68. The Bertz CT molecular complexity index is 253. The van der Waals surface area contributed by atoms with Crippen LogP contribution in [0.5, 0.6) is 0 Å². The molecule has 2 atom stereocenters. The molecule has 1 N–H and O–H groups in total. The van der Waals surface area contributed by atoms with Gasteiger partial charge in [0.05, 0.1) is 12.7 Å². The lowest BCUT2D eigenvalue weighted by Gasteiger charge is -2.35. The van der Waals surface area contributed by atoms with E-state index in [0.29, 0.717) is 17.6 Å². The van der Waals surface area contributed by atoms with Gasteiger partial charge >= 0.3 is 0 Å². The normalized spacial score (nSPS) is 33.0. The predicted molar refractivity (Wildman–Crippen MR) is 71.2 cm³/mol. The van der Waals surface area contributed by atoms with Crippen LogP contribution in [0.25, 0.3) is 0 Å². The monoisotopic (exact) mass is 240 g/mol. The van der Waals surface area contributed by atoms with Crippen molar-refractivity contribution in [3.63, 3.8) is 0 Å². The third kappa shape index (κ3) is 3.67. The molecule has 0 amide bonds. The van der Waals surface area contributed by atoms with Crippen LogP contribution < -0.4 is 5.32 Å². The highest BCUT2D eigenvalue weighted by Crippen LogP contribution is 2.50. The maximum absolute atomic E-state index is 5.81. The second kappa shape index (κ2) is 5.25. The molecule has 0 aromatic rings. The third-order valence-electron chi connectivity index (χ3n) is 4.38. The molecule has 2 fully saturated rings. The number of rotatable bonds is 5. The number of hydrogen-bond acceptors (Lipinski definition) is 3. The lowest BCUT2D eigenvalue weighted by Crippen LogP contribution is -2.49. The van der Waals surface area contributed by atoms with Crippen LogP contribution >= 0.6 is 0 Å². The summed E-state index contributed by atoms with van der Waals surface area (Å²) in [4.78, 5) is 2.51. The zero-order valence-electron chi connectivity index (χ0n) is 11.8. The molecule has 2 rings (SSSR count). The van der Waals surface area contributed by atoms with Gasteiger partial charge in [-0.3, -0.25) is 4.90 Å². The van der Waals surface area contributed by atoms with Crippen molar-refractivity contribution >= 4 is 0 Å². The Morgan fingerprint density at radius 2 is 2.06 bits per heavy atom. The second-order valence-corrected chi connectivity index (χ2v) is 6.63. The molecule has 1 aliphatic carbocycles. The fraction of sp³-hybridized carbons (Fsp3) is 1.00. The van der Waals surface area contributed by atoms with Crippen molar-refractivity contribution in [3.05, 3.63) is 0 Å². The van der Waals surface area contributed by atoms with E-state index >= 15 is 0 Å². The van der Waals surface area contributed by atoms with Gasteiger partial charge in [-0.15, -0.1) is 0 Å². The van der Waals surface area contributed by atoms with Gasteiger partial charge < -0.3 is 10.1 Å². The smallest absolute Gasteiger partial charge is 0.0826 e. The summed E-state index contributed by atoms with van der Waals surface area (Å²) in [6, 6.07) is 0.642. The summed E-state index contributed by atoms with van der Waals surface area (Å²) in [6.07, 6.45) is 1.76. The third-order valence-corrected chi connectivity index (χ3v) is 4.38. The SMILES string of the molecule is CC(C)N1CCOC(CNCC2CC2(C)C)C1. The highest BCUT2D eigenvalue weighted by Gasteiger charge is 2.44. The Kier molecular flexibility index (Phi) is 4.11. The van der Waals surface area contributed by atoms with Gasteiger partial charge in [-0.25, -0.2) is 0 Å². The molecule has 0 aromatic carbocycles. The quantitative estimate of drug-likeness (QED) is 0.792.